The number of halogens is 1. The fourth-order valence-electron chi connectivity index (χ4n) is 1.99. The average Bonchev–Trinajstić information content (AvgIpc) is 2.39. The van der Waals surface area contributed by atoms with Crippen LogP contribution in [-0.2, 0) is 0 Å². The van der Waals surface area contributed by atoms with E-state index in [0.29, 0.717) is 0 Å². The van der Waals surface area contributed by atoms with E-state index in [2.05, 4.69) is 47.2 Å². The van der Waals surface area contributed by atoms with E-state index in [9.17, 15) is 0 Å². The Bertz CT molecular complexity index is 194. The lowest BCUT2D eigenvalue weighted by Crippen LogP contribution is -1.80. The van der Waals surface area contributed by atoms with E-state index >= 15 is 0 Å². The molecule has 0 unspecified atom stereocenters. The summed E-state index contributed by atoms with van der Waals surface area (Å²) in [5.41, 5.74) is 0. The summed E-state index contributed by atoms with van der Waals surface area (Å²) in [7, 11) is 0. The molecule has 0 amide bonds. The van der Waals surface area contributed by atoms with Gasteiger partial charge in [-0.05, 0) is 19.3 Å². The van der Waals surface area contributed by atoms with Crippen LogP contribution in [0.4, 0.5) is 0 Å². The van der Waals surface area contributed by atoms with Gasteiger partial charge in [0.15, 0.2) is 0 Å². The maximum Gasteiger partial charge on any atom is 0.00660 e. The van der Waals surface area contributed by atoms with Crippen LogP contribution in [0.2, 0.25) is 0 Å². The van der Waals surface area contributed by atoms with Crippen LogP contribution >= 0.6 is 15.9 Å². The molecule has 0 aliphatic rings. The highest BCUT2D eigenvalue weighted by Crippen LogP contribution is 2.10. The van der Waals surface area contributed by atoms with Gasteiger partial charge in [-0.15, -0.1) is 0 Å². The van der Waals surface area contributed by atoms with Crippen LogP contribution in [0.15, 0.2) is 24.3 Å². The number of alkyl halides is 1. The molecular formula is C17H31Br. The van der Waals surface area contributed by atoms with Crippen molar-refractivity contribution in [3.05, 3.63) is 24.3 Å². The maximum absolute atomic E-state index is 3.41. The third-order valence-electron chi connectivity index (χ3n) is 3.13. The Kier molecular flexibility index (Phi) is 16.9. The van der Waals surface area contributed by atoms with E-state index in [1.807, 2.05) is 0 Å². The molecular weight excluding hydrogens is 284 g/mol. The van der Waals surface area contributed by atoms with E-state index in [1.54, 1.807) is 0 Å². The van der Waals surface area contributed by atoms with Crippen LogP contribution in [0.1, 0.15) is 77.6 Å². The highest BCUT2D eigenvalue weighted by Gasteiger charge is 1.90. The molecule has 0 rings (SSSR count). The maximum atomic E-state index is 3.41. The van der Waals surface area contributed by atoms with E-state index in [-0.39, 0.29) is 0 Å². The molecule has 0 spiro atoms. The molecule has 0 heterocycles. The molecule has 0 aromatic carbocycles. The van der Waals surface area contributed by atoms with Crippen molar-refractivity contribution in [2.75, 3.05) is 5.33 Å². The summed E-state index contributed by atoms with van der Waals surface area (Å²) in [6.07, 6.45) is 24.0. The number of hydrogen-bond donors (Lipinski definition) is 0. The molecule has 106 valence electrons. The molecule has 0 aromatic heterocycles. The normalized spacial score (nSPS) is 11.9. The summed E-state index contributed by atoms with van der Waals surface area (Å²) in [6.45, 7) is 2.28. The topological polar surface area (TPSA) is 0 Å². The van der Waals surface area contributed by atoms with Crippen LogP contribution in [0, 0.1) is 0 Å². The zero-order valence-corrected chi connectivity index (χ0v) is 13.8. The first-order valence-corrected chi connectivity index (χ1v) is 8.91. The van der Waals surface area contributed by atoms with Gasteiger partial charge in [0.25, 0.3) is 0 Å². The van der Waals surface area contributed by atoms with Gasteiger partial charge in [-0.25, -0.2) is 0 Å². The Hall–Kier alpha value is -0.0400. The lowest BCUT2D eigenvalue weighted by Gasteiger charge is -2.00. The Labute approximate surface area is 123 Å². The number of allylic oxidation sites excluding steroid dienone is 4. The number of hydrogen-bond acceptors (Lipinski definition) is 0. The van der Waals surface area contributed by atoms with Crippen LogP contribution in [0.5, 0.6) is 0 Å². The first-order chi connectivity index (χ1) is 8.91. The molecule has 0 radical (unpaired) electrons. The van der Waals surface area contributed by atoms with Gasteiger partial charge in [0.05, 0.1) is 0 Å². The Balaban J connectivity index is 3.07. The smallest absolute Gasteiger partial charge is 0.00660 e. The molecule has 18 heavy (non-hydrogen) atoms. The van der Waals surface area contributed by atoms with Crippen LogP contribution < -0.4 is 0 Å². The Morgan fingerprint density at radius 1 is 0.667 bits per heavy atom. The minimum absolute atomic E-state index is 1.07. The molecule has 0 N–H and O–H groups in total. The number of unbranched alkanes of at least 4 members (excludes halogenated alkanes) is 9. The van der Waals surface area contributed by atoms with Gasteiger partial charge < -0.3 is 0 Å². The van der Waals surface area contributed by atoms with Crippen LogP contribution in [-0.4, -0.2) is 5.33 Å². The highest BCUT2D eigenvalue weighted by molar-refractivity contribution is 9.09. The molecule has 0 aliphatic heterocycles. The van der Waals surface area contributed by atoms with Crippen molar-refractivity contribution in [3.63, 3.8) is 0 Å². The summed E-state index contributed by atoms with van der Waals surface area (Å²) < 4.78 is 0. The van der Waals surface area contributed by atoms with Crippen molar-refractivity contribution >= 4 is 15.9 Å². The lowest BCUT2D eigenvalue weighted by molar-refractivity contribution is 0.566. The first-order valence-electron chi connectivity index (χ1n) is 7.79. The summed E-state index contributed by atoms with van der Waals surface area (Å²) in [4.78, 5) is 0. The largest absolute Gasteiger partial charge is 0.0925 e. The Morgan fingerprint density at radius 2 is 1.17 bits per heavy atom. The standard InChI is InChI=1S/C17H31Br/c1-2-3-4-5-6-7-8-9-10-11-12-13-14-15-16-17-18/h12-15H,2-11,16-17H2,1H3. The molecule has 0 saturated carbocycles. The highest BCUT2D eigenvalue weighted by atomic mass is 79.9. The molecule has 0 atom stereocenters. The quantitative estimate of drug-likeness (QED) is 0.199. The van der Waals surface area contributed by atoms with Crippen LogP contribution in [0.3, 0.4) is 0 Å². The van der Waals surface area contributed by atoms with Crippen LogP contribution in [0.25, 0.3) is 0 Å². The predicted octanol–water partition coefficient (Wildman–Crippen LogP) is 6.80. The van der Waals surface area contributed by atoms with Gasteiger partial charge >= 0.3 is 0 Å². The molecule has 0 aromatic rings. The second-order valence-electron chi connectivity index (χ2n) is 4.95. The second-order valence-corrected chi connectivity index (χ2v) is 5.74. The van der Waals surface area contributed by atoms with Gasteiger partial charge in [-0.2, -0.15) is 0 Å². The van der Waals surface area contributed by atoms with Gasteiger partial charge in [0, 0.05) is 5.33 Å². The third-order valence-corrected chi connectivity index (χ3v) is 3.59. The molecule has 1 heteroatoms. The monoisotopic (exact) mass is 314 g/mol. The number of rotatable bonds is 13. The van der Waals surface area contributed by atoms with Crippen molar-refractivity contribution in [1.82, 2.24) is 0 Å². The van der Waals surface area contributed by atoms with Gasteiger partial charge in [0.1, 0.15) is 0 Å². The zero-order valence-electron chi connectivity index (χ0n) is 12.2. The molecule has 0 bridgehead atoms. The minimum atomic E-state index is 1.07. The third kappa shape index (κ3) is 16.0. The SMILES string of the molecule is CCCCCCCCCCCC=CC=CCCBr. The van der Waals surface area contributed by atoms with Gasteiger partial charge in [-0.1, -0.05) is 98.5 Å². The zero-order chi connectivity index (χ0) is 13.3. The molecule has 0 saturated heterocycles. The van der Waals surface area contributed by atoms with Crippen molar-refractivity contribution in [1.29, 1.82) is 0 Å². The van der Waals surface area contributed by atoms with E-state index in [1.165, 1.54) is 64.2 Å². The summed E-state index contributed by atoms with van der Waals surface area (Å²) in [6, 6.07) is 0. The summed E-state index contributed by atoms with van der Waals surface area (Å²) in [5.74, 6) is 0. The average molecular weight is 315 g/mol. The molecule has 0 aliphatic carbocycles. The second kappa shape index (κ2) is 17.0. The van der Waals surface area contributed by atoms with Crippen molar-refractivity contribution in [2.24, 2.45) is 0 Å². The molecule has 0 fully saturated rings. The fourth-order valence-corrected chi connectivity index (χ4v) is 2.25. The minimum Gasteiger partial charge on any atom is -0.0925 e. The van der Waals surface area contributed by atoms with Crippen molar-refractivity contribution in [2.45, 2.75) is 77.6 Å². The summed E-state index contributed by atoms with van der Waals surface area (Å²) in [5, 5.41) is 1.07. The van der Waals surface area contributed by atoms with Crippen molar-refractivity contribution in [3.8, 4) is 0 Å². The first kappa shape index (κ1) is 18.0. The van der Waals surface area contributed by atoms with E-state index in [0.717, 1.165) is 11.8 Å². The summed E-state index contributed by atoms with van der Waals surface area (Å²) >= 11 is 3.41. The van der Waals surface area contributed by atoms with Gasteiger partial charge in [-0.3, -0.25) is 0 Å². The fraction of sp³-hybridized carbons (Fsp3) is 0.765. The van der Waals surface area contributed by atoms with Crippen molar-refractivity contribution < 1.29 is 0 Å². The predicted molar refractivity (Wildman–Crippen MR) is 88.5 cm³/mol. The molecule has 0 nitrogen and oxygen atoms in total. The van der Waals surface area contributed by atoms with Gasteiger partial charge in [0.2, 0.25) is 0 Å². The Morgan fingerprint density at radius 3 is 1.72 bits per heavy atom. The van der Waals surface area contributed by atoms with E-state index in [4.69, 9.17) is 0 Å². The lowest BCUT2D eigenvalue weighted by atomic mass is 10.1. The van der Waals surface area contributed by atoms with E-state index < -0.39 is 0 Å².